The zero-order valence-corrected chi connectivity index (χ0v) is 17.9. The van der Waals surface area contributed by atoms with Crippen LogP contribution in [0.2, 0.25) is 0 Å². The molecule has 8 heteroatoms. The van der Waals surface area contributed by atoms with Crippen molar-refractivity contribution >= 4 is 17.3 Å². The third-order valence-corrected chi connectivity index (χ3v) is 5.82. The molecule has 3 rings (SSSR count). The summed E-state index contributed by atoms with van der Waals surface area (Å²) < 4.78 is 39.7. The van der Waals surface area contributed by atoms with E-state index in [9.17, 15) is 18.0 Å². The summed E-state index contributed by atoms with van der Waals surface area (Å²) in [6.07, 6.45) is 0.634. The first-order chi connectivity index (χ1) is 14.2. The van der Waals surface area contributed by atoms with Gasteiger partial charge in [0.25, 0.3) is 0 Å². The van der Waals surface area contributed by atoms with E-state index < -0.39 is 11.7 Å². The summed E-state index contributed by atoms with van der Waals surface area (Å²) in [5.41, 5.74) is 0.197. The summed E-state index contributed by atoms with van der Waals surface area (Å²) in [5.74, 6) is -0.261. The van der Waals surface area contributed by atoms with Crippen LogP contribution in [0, 0.1) is 0 Å². The molecule has 0 aliphatic carbocycles. The standard InChI is InChI=1S/C22H33F3N4O/c1-16(2)26-18-8-12-28(13-9-18)15-21(30)27-19-14-17(22(23,24)25)6-7-20(19)29-10-4-3-5-11-29/h6-7,14,16,18,26H,3-5,8-13,15H2,1-2H3,(H,27,30). The van der Waals surface area contributed by atoms with Gasteiger partial charge in [0.15, 0.2) is 0 Å². The Balaban J connectivity index is 1.65. The number of benzene rings is 1. The number of nitrogens with zero attached hydrogens (tertiary/aromatic N) is 2. The molecular formula is C22H33F3N4O. The molecule has 0 saturated carbocycles. The van der Waals surface area contributed by atoms with E-state index in [1.54, 1.807) is 0 Å². The highest BCUT2D eigenvalue weighted by Crippen LogP contribution is 2.36. The van der Waals surface area contributed by atoms with Gasteiger partial charge >= 0.3 is 6.18 Å². The lowest BCUT2D eigenvalue weighted by Crippen LogP contribution is -2.46. The second-order valence-corrected chi connectivity index (χ2v) is 8.70. The minimum Gasteiger partial charge on any atom is -0.370 e. The maximum atomic E-state index is 13.2. The smallest absolute Gasteiger partial charge is 0.370 e. The number of halogens is 3. The lowest BCUT2D eigenvalue weighted by molar-refractivity contribution is -0.137. The number of anilines is 2. The number of nitrogens with one attached hydrogen (secondary N) is 2. The molecule has 1 aromatic carbocycles. The van der Waals surface area contributed by atoms with E-state index in [2.05, 4.69) is 34.3 Å². The van der Waals surface area contributed by atoms with Crippen LogP contribution in [0.1, 0.15) is 51.5 Å². The number of amides is 1. The lowest BCUT2D eigenvalue weighted by atomic mass is 10.0. The summed E-state index contributed by atoms with van der Waals surface area (Å²) in [6, 6.07) is 4.55. The number of piperidine rings is 2. The zero-order valence-electron chi connectivity index (χ0n) is 17.9. The summed E-state index contributed by atoms with van der Waals surface area (Å²) in [4.78, 5) is 16.8. The largest absolute Gasteiger partial charge is 0.416 e. The van der Waals surface area contributed by atoms with Crippen LogP contribution in [0.25, 0.3) is 0 Å². The molecule has 0 spiro atoms. The maximum absolute atomic E-state index is 13.2. The van der Waals surface area contributed by atoms with Gasteiger partial charge in [-0.25, -0.2) is 0 Å². The van der Waals surface area contributed by atoms with Gasteiger partial charge in [0.05, 0.1) is 23.5 Å². The normalized spacial score (nSPS) is 19.3. The number of alkyl halides is 3. The molecule has 1 amide bonds. The van der Waals surface area contributed by atoms with E-state index in [4.69, 9.17) is 0 Å². The fourth-order valence-corrected chi connectivity index (χ4v) is 4.35. The molecule has 0 unspecified atom stereocenters. The van der Waals surface area contributed by atoms with Crippen molar-refractivity contribution in [1.82, 2.24) is 10.2 Å². The first-order valence-electron chi connectivity index (χ1n) is 11.0. The average Bonchev–Trinajstić information content (AvgIpc) is 2.69. The average molecular weight is 427 g/mol. The summed E-state index contributed by atoms with van der Waals surface area (Å²) in [6.45, 7) is 7.64. The van der Waals surface area contributed by atoms with Crippen LogP contribution in [0.5, 0.6) is 0 Å². The van der Waals surface area contributed by atoms with Crippen molar-refractivity contribution in [3.63, 3.8) is 0 Å². The molecule has 0 bridgehead atoms. The van der Waals surface area contributed by atoms with Gasteiger partial charge in [0.2, 0.25) is 5.91 Å². The van der Waals surface area contributed by atoms with Crippen molar-refractivity contribution in [2.75, 3.05) is 42.9 Å². The number of carbonyl (C=O) groups excluding carboxylic acids is 1. The van der Waals surface area contributed by atoms with E-state index in [0.29, 0.717) is 17.8 Å². The third kappa shape index (κ3) is 6.35. The van der Waals surface area contributed by atoms with Gasteiger partial charge < -0.3 is 15.5 Å². The summed E-state index contributed by atoms with van der Waals surface area (Å²) >= 11 is 0. The number of likely N-dealkylation sites (tertiary alicyclic amines) is 1. The Morgan fingerprint density at radius 1 is 1.10 bits per heavy atom. The van der Waals surface area contributed by atoms with Crippen molar-refractivity contribution in [3.05, 3.63) is 23.8 Å². The second-order valence-electron chi connectivity index (χ2n) is 8.70. The Morgan fingerprint density at radius 3 is 2.37 bits per heavy atom. The lowest BCUT2D eigenvalue weighted by Gasteiger charge is -2.33. The molecule has 1 aromatic rings. The van der Waals surface area contributed by atoms with E-state index in [1.165, 1.54) is 6.07 Å². The Labute approximate surface area is 177 Å². The van der Waals surface area contributed by atoms with Crippen LogP contribution in [0.15, 0.2) is 18.2 Å². The molecular weight excluding hydrogens is 393 g/mol. The van der Waals surface area contributed by atoms with Gasteiger partial charge in [0.1, 0.15) is 0 Å². The van der Waals surface area contributed by atoms with Crippen LogP contribution in [0.3, 0.4) is 0 Å². The highest BCUT2D eigenvalue weighted by Gasteiger charge is 2.32. The number of hydrogen-bond donors (Lipinski definition) is 2. The topological polar surface area (TPSA) is 47.6 Å². The SMILES string of the molecule is CC(C)NC1CCN(CC(=O)Nc2cc(C(F)(F)F)ccc2N2CCCCC2)CC1. The van der Waals surface area contributed by atoms with Gasteiger partial charge in [0, 0.05) is 38.3 Å². The molecule has 0 radical (unpaired) electrons. The van der Waals surface area contributed by atoms with Gasteiger partial charge in [-0.2, -0.15) is 13.2 Å². The van der Waals surface area contributed by atoms with Crippen molar-refractivity contribution < 1.29 is 18.0 Å². The number of carbonyl (C=O) groups is 1. The van der Waals surface area contributed by atoms with Crippen molar-refractivity contribution in [2.24, 2.45) is 0 Å². The van der Waals surface area contributed by atoms with Crippen molar-refractivity contribution in [2.45, 2.75) is 64.2 Å². The minimum atomic E-state index is -4.44. The van der Waals surface area contributed by atoms with Gasteiger partial charge in [-0.1, -0.05) is 13.8 Å². The second kappa shape index (κ2) is 10.0. The molecule has 5 nitrogen and oxygen atoms in total. The number of hydrogen-bond acceptors (Lipinski definition) is 4. The highest BCUT2D eigenvalue weighted by molar-refractivity contribution is 5.95. The van der Waals surface area contributed by atoms with Crippen molar-refractivity contribution in [1.29, 1.82) is 0 Å². The molecule has 30 heavy (non-hydrogen) atoms. The Kier molecular flexibility index (Phi) is 7.63. The third-order valence-electron chi connectivity index (χ3n) is 5.82. The first-order valence-corrected chi connectivity index (χ1v) is 11.0. The predicted octanol–water partition coefficient (Wildman–Crippen LogP) is 4.10. The molecule has 0 atom stereocenters. The Morgan fingerprint density at radius 2 is 1.77 bits per heavy atom. The van der Waals surface area contributed by atoms with Gasteiger partial charge in [-0.15, -0.1) is 0 Å². The molecule has 2 saturated heterocycles. The molecule has 2 heterocycles. The number of rotatable bonds is 6. The van der Waals surface area contributed by atoms with Gasteiger partial charge in [-0.05, 0) is 50.3 Å². The Hall–Kier alpha value is -1.80. The van der Waals surface area contributed by atoms with Crippen LogP contribution in [-0.2, 0) is 11.0 Å². The zero-order chi connectivity index (χ0) is 21.7. The van der Waals surface area contributed by atoms with E-state index in [1.807, 2.05) is 0 Å². The van der Waals surface area contributed by atoms with Crippen LogP contribution in [-0.4, -0.2) is 55.6 Å². The Bertz CT molecular complexity index is 709. The molecule has 2 fully saturated rings. The van der Waals surface area contributed by atoms with Crippen LogP contribution < -0.4 is 15.5 Å². The molecule has 2 aliphatic rings. The maximum Gasteiger partial charge on any atom is 0.416 e. The summed E-state index contributed by atoms with van der Waals surface area (Å²) in [5, 5.41) is 6.29. The summed E-state index contributed by atoms with van der Waals surface area (Å²) in [7, 11) is 0. The quantitative estimate of drug-likeness (QED) is 0.719. The monoisotopic (exact) mass is 426 g/mol. The van der Waals surface area contributed by atoms with E-state index in [0.717, 1.165) is 70.4 Å². The van der Waals surface area contributed by atoms with E-state index in [-0.39, 0.29) is 18.1 Å². The molecule has 2 N–H and O–H groups in total. The van der Waals surface area contributed by atoms with Crippen LogP contribution >= 0.6 is 0 Å². The molecule has 2 aliphatic heterocycles. The first kappa shape index (κ1) is 22.9. The molecule has 0 aromatic heterocycles. The fourth-order valence-electron chi connectivity index (χ4n) is 4.35. The van der Waals surface area contributed by atoms with Gasteiger partial charge in [-0.3, -0.25) is 9.69 Å². The fraction of sp³-hybridized carbons (Fsp3) is 0.682. The predicted molar refractivity (Wildman–Crippen MR) is 114 cm³/mol. The minimum absolute atomic E-state index is 0.198. The van der Waals surface area contributed by atoms with Crippen LogP contribution in [0.4, 0.5) is 24.5 Å². The van der Waals surface area contributed by atoms with Crippen molar-refractivity contribution in [3.8, 4) is 0 Å². The molecule has 168 valence electrons. The van der Waals surface area contributed by atoms with E-state index >= 15 is 0 Å². The highest BCUT2D eigenvalue weighted by atomic mass is 19.4.